The lowest BCUT2D eigenvalue weighted by Crippen LogP contribution is -2.45. The molecule has 9 N–H and O–H groups in total. The molecular weight excluding hydrogens is 925 g/mol. The van der Waals surface area contributed by atoms with Gasteiger partial charge in [-0.1, -0.05) is 54.7 Å². The third-order valence-corrected chi connectivity index (χ3v) is 15.7. The van der Waals surface area contributed by atoms with Crippen molar-refractivity contribution >= 4 is 69.9 Å². The van der Waals surface area contributed by atoms with E-state index in [1.807, 2.05) is 30.0 Å². The minimum atomic E-state index is 0.0604. The zero-order valence-electron chi connectivity index (χ0n) is 39.2. The number of nitrogen functional groups attached to an aromatic ring is 4. The molecule has 0 radical (unpaired) electrons. The number of piperazine rings is 1. The van der Waals surface area contributed by atoms with E-state index >= 15 is 0 Å². The minimum Gasteiger partial charge on any atom is -0.493 e. The van der Waals surface area contributed by atoms with E-state index in [1.165, 1.54) is 41.9 Å². The van der Waals surface area contributed by atoms with Crippen LogP contribution in [0.3, 0.4) is 0 Å². The van der Waals surface area contributed by atoms with Crippen LogP contribution in [0.5, 0.6) is 17.4 Å². The molecule has 2 fully saturated rings. The third kappa shape index (κ3) is 14.1. The number of hydrogen-bond donors (Lipinski definition) is 5. The molecule has 3 atom stereocenters. The number of likely N-dealkylation sites (tertiary alicyclic amines) is 1. The van der Waals surface area contributed by atoms with Crippen molar-refractivity contribution in [3.8, 4) is 28.0 Å². The van der Waals surface area contributed by atoms with Gasteiger partial charge >= 0.3 is 0 Å². The average molecular weight is 989 g/mol. The SMILES string of the molecule is CCCC1=C(C(C)Sc2nc(N)cc(N)n2)NC(c2ccc(OC)c(OCCN3CCN(C)CC3)c2)S1.Cc1sc(-c2ccnc(OCCN3CCC3)c2)nc1C(C)Sc1nc(N)cc(N)n1. The average Bonchev–Trinajstić information content (AvgIpc) is 3.89. The summed E-state index contributed by atoms with van der Waals surface area (Å²) in [5, 5.41) is 6.12. The highest BCUT2D eigenvalue weighted by Crippen LogP contribution is 2.47. The van der Waals surface area contributed by atoms with Crippen LogP contribution in [0.15, 0.2) is 69.6 Å². The van der Waals surface area contributed by atoms with Crippen molar-refractivity contribution < 1.29 is 14.2 Å². The largest absolute Gasteiger partial charge is 0.493 e. The van der Waals surface area contributed by atoms with Gasteiger partial charge in [-0.05, 0) is 77.5 Å². The van der Waals surface area contributed by atoms with Gasteiger partial charge in [0.25, 0.3) is 0 Å². The van der Waals surface area contributed by atoms with Crippen LogP contribution in [0.4, 0.5) is 23.3 Å². The summed E-state index contributed by atoms with van der Waals surface area (Å²) in [6.07, 6.45) is 5.14. The number of rotatable bonds is 19. The monoisotopic (exact) mass is 988 g/mol. The van der Waals surface area contributed by atoms with E-state index in [1.54, 1.807) is 48.5 Å². The maximum absolute atomic E-state index is 6.23. The number of nitrogens with zero attached hydrogens (tertiary/aromatic N) is 9. The fraction of sp³-hybridized carbons (Fsp3) is 0.478. The topological polar surface area (TPSA) is 231 Å². The number of aromatic nitrogens is 6. The number of anilines is 4. The maximum Gasteiger partial charge on any atom is 0.213 e. The molecule has 0 bridgehead atoms. The van der Waals surface area contributed by atoms with Crippen molar-refractivity contribution in [1.29, 1.82) is 0 Å². The number of hydrogen-bond acceptors (Lipinski definition) is 21. The van der Waals surface area contributed by atoms with Crippen molar-refractivity contribution in [2.45, 2.75) is 73.1 Å². The molecular formula is C46H64N14O3S4. The first-order chi connectivity index (χ1) is 32.3. The zero-order chi connectivity index (χ0) is 47.5. The number of nitrogens with one attached hydrogen (secondary N) is 1. The van der Waals surface area contributed by atoms with Crippen LogP contribution >= 0.6 is 46.6 Å². The first kappa shape index (κ1) is 50.1. The highest BCUT2D eigenvalue weighted by Gasteiger charge is 2.30. The molecule has 4 aromatic heterocycles. The van der Waals surface area contributed by atoms with Crippen LogP contribution in [0.2, 0.25) is 0 Å². The molecule has 7 heterocycles. The number of allylic oxidation sites excluding steroid dienone is 1. The molecule has 2 saturated heterocycles. The van der Waals surface area contributed by atoms with Crippen molar-refractivity contribution in [1.82, 2.24) is 49.9 Å². The summed E-state index contributed by atoms with van der Waals surface area (Å²) in [6.45, 7) is 18.4. The lowest BCUT2D eigenvalue weighted by Gasteiger charge is -2.32. The van der Waals surface area contributed by atoms with Crippen LogP contribution in [0, 0.1) is 6.92 Å². The standard InChI is InChI=1S/C26H39N7O2S2.C20H25N7OS2/c1-5-6-21-24(17(2)36-26-29-22(27)16-23(28)30-26)31-25(37-21)18-7-8-19(34-4)20(15-18)35-14-13-33-11-9-32(3)10-12-33;1-12-18(13(2)30-20-24-15(21)11-16(22)25-20)26-19(29-12)14-4-5-23-17(10-14)28-9-8-27-6-3-7-27/h7-8,15-17,25,31H,5-6,9-14H2,1-4H3,(H4,27,28,29,30);4-5,10-11,13H,3,6-9H2,1-2H3,(H4,21,22,24,25). The highest BCUT2D eigenvalue weighted by atomic mass is 32.2. The number of methoxy groups -OCH3 is 1. The second kappa shape index (κ2) is 24.0. The summed E-state index contributed by atoms with van der Waals surface area (Å²) in [5.74, 6) is 3.68. The minimum absolute atomic E-state index is 0.0604. The molecule has 3 unspecified atom stereocenters. The predicted octanol–water partition coefficient (Wildman–Crippen LogP) is 7.21. The van der Waals surface area contributed by atoms with Crippen LogP contribution in [-0.2, 0) is 0 Å². The van der Waals surface area contributed by atoms with E-state index in [-0.39, 0.29) is 15.9 Å². The summed E-state index contributed by atoms with van der Waals surface area (Å²) in [7, 11) is 3.86. The normalized spacial score (nSPS) is 17.6. The van der Waals surface area contributed by atoms with E-state index in [0.29, 0.717) is 52.7 Å². The fourth-order valence-electron chi connectivity index (χ4n) is 7.57. The number of benzene rings is 1. The maximum atomic E-state index is 6.23. The van der Waals surface area contributed by atoms with Crippen molar-refractivity contribution in [2.24, 2.45) is 0 Å². The van der Waals surface area contributed by atoms with Gasteiger partial charge < -0.3 is 47.4 Å². The Morgan fingerprint density at radius 3 is 2.01 bits per heavy atom. The van der Waals surface area contributed by atoms with E-state index in [9.17, 15) is 0 Å². The molecule has 360 valence electrons. The number of nitrogens with two attached hydrogens (primary N) is 4. The van der Waals surface area contributed by atoms with Gasteiger partial charge in [0.1, 0.15) is 46.9 Å². The lowest BCUT2D eigenvalue weighted by molar-refractivity contribution is 0.133. The van der Waals surface area contributed by atoms with Gasteiger partial charge in [0.15, 0.2) is 21.8 Å². The van der Waals surface area contributed by atoms with Gasteiger partial charge in [-0.15, -0.1) is 11.3 Å². The van der Waals surface area contributed by atoms with Crippen molar-refractivity contribution in [2.75, 3.05) is 103 Å². The Bertz CT molecular complexity index is 2410. The molecule has 21 heteroatoms. The van der Waals surface area contributed by atoms with Crippen molar-refractivity contribution in [3.05, 3.63) is 75.4 Å². The molecule has 1 aromatic carbocycles. The summed E-state index contributed by atoms with van der Waals surface area (Å²) in [5.41, 5.74) is 27.7. The first-order valence-electron chi connectivity index (χ1n) is 22.6. The van der Waals surface area contributed by atoms with Gasteiger partial charge in [0.2, 0.25) is 5.88 Å². The highest BCUT2D eigenvalue weighted by molar-refractivity contribution is 8.03. The Morgan fingerprint density at radius 2 is 1.40 bits per heavy atom. The number of aryl methyl sites for hydroxylation is 1. The van der Waals surface area contributed by atoms with Gasteiger partial charge in [0.05, 0.1) is 23.3 Å². The second-order valence-corrected chi connectivity index (χ2v) is 21.6. The smallest absolute Gasteiger partial charge is 0.213 e. The summed E-state index contributed by atoms with van der Waals surface area (Å²) < 4.78 is 17.7. The zero-order valence-corrected chi connectivity index (χ0v) is 42.5. The van der Waals surface area contributed by atoms with Crippen LogP contribution in [0.1, 0.15) is 66.8 Å². The third-order valence-electron chi connectivity index (χ3n) is 11.3. The van der Waals surface area contributed by atoms with Crippen LogP contribution in [0.25, 0.3) is 10.6 Å². The van der Waals surface area contributed by atoms with E-state index in [4.69, 9.17) is 42.1 Å². The summed E-state index contributed by atoms with van der Waals surface area (Å²) >= 11 is 6.58. The molecule has 17 nitrogen and oxygen atoms in total. The number of thiazole rings is 1. The van der Waals surface area contributed by atoms with E-state index < -0.39 is 0 Å². The van der Waals surface area contributed by atoms with E-state index in [2.05, 4.69) is 91.8 Å². The van der Waals surface area contributed by atoms with Crippen molar-refractivity contribution in [3.63, 3.8) is 0 Å². The number of pyridine rings is 1. The summed E-state index contributed by atoms with van der Waals surface area (Å²) in [6, 6.07) is 13.3. The van der Waals surface area contributed by atoms with Gasteiger partial charge in [-0.3, -0.25) is 9.80 Å². The molecule has 0 amide bonds. The molecule has 5 aromatic rings. The lowest BCUT2D eigenvalue weighted by atomic mass is 10.1. The number of thioether (sulfide) groups is 3. The Morgan fingerprint density at radius 1 is 0.776 bits per heavy atom. The number of likely N-dealkylation sites (N-methyl/N-ethyl adjacent to an activating group) is 1. The Labute approximate surface area is 411 Å². The Kier molecular flexibility index (Phi) is 17.9. The number of ether oxygens (including phenoxy) is 3. The van der Waals surface area contributed by atoms with E-state index in [0.717, 1.165) is 90.3 Å². The quantitative estimate of drug-likeness (QED) is 0.0406. The van der Waals surface area contributed by atoms with Gasteiger partial charge in [0, 0.05) is 84.7 Å². The Balaban J connectivity index is 0.000000203. The van der Waals surface area contributed by atoms with Crippen LogP contribution < -0.4 is 42.5 Å². The molecule has 8 rings (SSSR count). The fourth-order valence-corrected chi connectivity index (χ4v) is 12.1. The molecule has 0 saturated carbocycles. The predicted molar refractivity (Wildman–Crippen MR) is 276 cm³/mol. The van der Waals surface area contributed by atoms with Gasteiger partial charge in [-0.2, -0.15) is 0 Å². The molecule has 3 aliphatic heterocycles. The molecule has 0 aliphatic carbocycles. The summed E-state index contributed by atoms with van der Waals surface area (Å²) in [4.78, 5) is 36.1. The second-order valence-electron chi connectivity index (χ2n) is 16.5. The molecule has 3 aliphatic rings. The first-order valence-corrected chi connectivity index (χ1v) is 26.1. The van der Waals surface area contributed by atoms with Crippen LogP contribution in [-0.4, -0.2) is 130 Å². The Hall–Kier alpha value is -4.77. The molecule has 0 spiro atoms. The molecule has 67 heavy (non-hydrogen) atoms. The van der Waals surface area contributed by atoms with Gasteiger partial charge in [-0.25, -0.2) is 29.9 Å².